The standard InChI is InChI=1S/C9H4BrCl2NOS/c10-6-3-5(11)1-2-7(6)14-9-13-8(12)4-15-9/h1-4H. The van der Waals surface area contributed by atoms with E-state index in [-0.39, 0.29) is 0 Å². The number of hydrogen-bond acceptors (Lipinski definition) is 3. The molecule has 0 aliphatic heterocycles. The average Bonchev–Trinajstić information content (AvgIpc) is 2.56. The molecule has 0 aliphatic rings. The summed E-state index contributed by atoms with van der Waals surface area (Å²) in [6.45, 7) is 0. The van der Waals surface area contributed by atoms with Gasteiger partial charge >= 0.3 is 0 Å². The molecule has 0 spiro atoms. The Hall–Kier alpha value is -0.290. The molecular formula is C9H4BrCl2NOS. The van der Waals surface area contributed by atoms with Gasteiger partial charge in [-0.15, -0.1) is 0 Å². The monoisotopic (exact) mass is 323 g/mol. The molecule has 2 nitrogen and oxygen atoms in total. The third kappa shape index (κ3) is 2.84. The molecule has 0 radical (unpaired) electrons. The molecule has 0 bridgehead atoms. The van der Waals surface area contributed by atoms with Crippen LogP contribution in [0.4, 0.5) is 0 Å². The highest BCUT2D eigenvalue weighted by Gasteiger charge is 2.06. The van der Waals surface area contributed by atoms with Gasteiger partial charge in [0.05, 0.1) is 4.47 Å². The number of aromatic nitrogens is 1. The second-order valence-electron chi connectivity index (χ2n) is 2.61. The number of benzene rings is 1. The number of thiazole rings is 1. The SMILES string of the molecule is Clc1ccc(Oc2nc(Cl)cs2)c(Br)c1. The Morgan fingerprint density at radius 2 is 2.13 bits per heavy atom. The van der Waals surface area contributed by atoms with E-state index in [9.17, 15) is 0 Å². The minimum Gasteiger partial charge on any atom is -0.430 e. The van der Waals surface area contributed by atoms with Gasteiger partial charge in [0.1, 0.15) is 10.9 Å². The Morgan fingerprint density at radius 3 is 2.73 bits per heavy atom. The lowest BCUT2D eigenvalue weighted by atomic mass is 10.3. The van der Waals surface area contributed by atoms with E-state index in [4.69, 9.17) is 27.9 Å². The molecule has 0 saturated heterocycles. The highest BCUT2D eigenvalue weighted by molar-refractivity contribution is 9.10. The van der Waals surface area contributed by atoms with E-state index in [1.165, 1.54) is 11.3 Å². The summed E-state index contributed by atoms with van der Waals surface area (Å²) < 4.78 is 6.28. The largest absolute Gasteiger partial charge is 0.430 e. The molecule has 15 heavy (non-hydrogen) atoms. The van der Waals surface area contributed by atoms with Gasteiger partial charge in [0.25, 0.3) is 5.19 Å². The molecule has 6 heteroatoms. The van der Waals surface area contributed by atoms with Crippen molar-refractivity contribution < 1.29 is 4.74 Å². The Morgan fingerprint density at radius 1 is 1.33 bits per heavy atom. The average molecular weight is 325 g/mol. The van der Waals surface area contributed by atoms with Gasteiger partial charge in [-0.25, -0.2) is 0 Å². The molecule has 2 rings (SSSR count). The molecule has 0 aliphatic carbocycles. The van der Waals surface area contributed by atoms with Crippen LogP contribution >= 0.6 is 50.5 Å². The van der Waals surface area contributed by atoms with Crippen molar-refractivity contribution in [3.05, 3.63) is 38.2 Å². The Kier molecular flexibility index (Phi) is 3.51. The first-order chi connectivity index (χ1) is 7.15. The van der Waals surface area contributed by atoms with Crippen LogP contribution in [0.1, 0.15) is 0 Å². The van der Waals surface area contributed by atoms with Crippen LogP contribution < -0.4 is 4.74 Å². The normalized spacial score (nSPS) is 10.3. The Balaban J connectivity index is 2.24. The van der Waals surface area contributed by atoms with Crippen LogP contribution in [0.25, 0.3) is 0 Å². The Bertz CT molecular complexity index is 489. The molecule has 78 valence electrons. The lowest BCUT2D eigenvalue weighted by molar-refractivity contribution is 0.476. The van der Waals surface area contributed by atoms with Crippen molar-refractivity contribution in [2.75, 3.05) is 0 Å². The molecule has 2 aromatic rings. The highest BCUT2D eigenvalue weighted by atomic mass is 79.9. The van der Waals surface area contributed by atoms with E-state index >= 15 is 0 Å². The lowest BCUT2D eigenvalue weighted by Gasteiger charge is -2.03. The number of halogens is 3. The van der Waals surface area contributed by atoms with Crippen molar-refractivity contribution in [2.24, 2.45) is 0 Å². The predicted octanol–water partition coefficient (Wildman–Crippen LogP) is 5.00. The van der Waals surface area contributed by atoms with E-state index in [2.05, 4.69) is 20.9 Å². The number of rotatable bonds is 2. The van der Waals surface area contributed by atoms with Crippen molar-refractivity contribution in [1.29, 1.82) is 0 Å². The van der Waals surface area contributed by atoms with E-state index in [0.29, 0.717) is 21.1 Å². The zero-order valence-electron chi connectivity index (χ0n) is 7.21. The minimum absolute atomic E-state index is 0.431. The van der Waals surface area contributed by atoms with Gasteiger partial charge in [0.2, 0.25) is 0 Å². The molecule has 0 saturated carbocycles. The summed E-state index contributed by atoms with van der Waals surface area (Å²) >= 11 is 16.2. The fraction of sp³-hybridized carbons (Fsp3) is 0. The van der Waals surface area contributed by atoms with Crippen molar-refractivity contribution in [3.8, 4) is 10.9 Å². The van der Waals surface area contributed by atoms with Crippen LogP contribution in [0.5, 0.6) is 10.9 Å². The summed E-state index contributed by atoms with van der Waals surface area (Å²) in [6.07, 6.45) is 0. The number of hydrogen-bond donors (Lipinski definition) is 0. The minimum atomic E-state index is 0.431. The first-order valence-corrected chi connectivity index (χ1v) is 6.32. The smallest absolute Gasteiger partial charge is 0.280 e. The van der Waals surface area contributed by atoms with Crippen molar-refractivity contribution >= 4 is 50.5 Å². The van der Waals surface area contributed by atoms with Crippen LogP contribution in [-0.2, 0) is 0 Å². The van der Waals surface area contributed by atoms with Gasteiger partial charge in [-0.1, -0.05) is 34.5 Å². The van der Waals surface area contributed by atoms with Gasteiger partial charge in [0, 0.05) is 10.4 Å². The fourth-order valence-electron chi connectivity index (χ4n) is 0.938. The third-order valence-corrected chi connectivity index (χ3v) is 3.44. The van der Waals surface area contributed by atoms with Gasteiger partial charge in [0.15, 0.2) is 0 Å². The highest BCUT2D eigenvalue weighted by Crippen LogP contribution is 2.33. The molecule has 0 atom stereocenters. The molecule has 1 aromatic heterocycles. The van der Waals surface area contributed by atoms with Gasteiger partial charge in [-0.3, -0.25) is 0 Å². The summed E-state index contributed by atoms with van der Waals surface area (Å²) in [5.41, 5.74) is 0. The van der Waals surface area contributed by atoms with Crippen molar-refractivity contribution in [2.45, 2.75) is 0 Å². The molecule has 1 heterocycles. The first kappa shape index (κ1) is 11.2. The lowest BCUT2D eigenvalue weighted by Crippen LogP contribution is -1.84. The maximum Gasteiger partial charge on any atom is 0.280 e. The number of ether oxygens (including phenoxy) is 1. The molecule has 0 fully saturated rings. The van der Waals surface area contributed by atoms with Crippen LogP contribution in [0.2, 0.25) is 10.2 Å². The van der Waals surface area contributed by atoms with E-state index in [1.807, 2.05) is 0 Å². The van der Waals surface area contributed by atoms with Gasteiger partial charge in [-0.2, -0.15) is 4.98 Å². The predicted molar refractivity (Wildman–Crippen MR) is 66.4 cm³/mol. The van der Waals surface area contributed by atoms with Gasteiger partial charge in [-0.05, 0) is 34.1 Å². The van der Waals surface area contributed by atoms with Crippen LogP contribution in [0.3, 0.4) is 0 Å². The molecule has 0 N–H and O–H groups in total. The van der Waals surface area contributed by atoms with E-state index in [0.717, 1.165) is 4.47 Å². The van der Waals surface area contributed by atoms with Crippen molar-refractivity contribution in [3.63, 3.8) is 0 Å². The van der Waals surface area contributed by atoms with Crippen LogP contribution in [0.15, 0.2) is 28.1 Å². The Labute approximate surface area is 109 Å². The summed E-state index contributed by atoms with van der Waals surface area (Å²) in [6, 6.07) is 5.27. The van der Waals surface area contributed by atoms with Gasteiger partial charge < -0.3 is 4.74 Å². The van der Waals surface area contributed by atoms with Crippen LogP contribution in [-0.4, -0.2) is 4.98 Å². The fourth-order valence-corrected chi connectivity index (χ4v) is 2.50. The zero-order chi connectivity index (χ0) is 10.8. The molecule has 1 aromatic carbocycles. The van der Waals surface area contributed by atoms with Crippen LogP contribution in [0, 0.1) is 0 Å². The maximum atomic E-state index is 5.80. The quantitative estimate of drug-likeness (QED) is 0.775. The second kappa shape index (κ2) is 4.70. The molecule has 0 unspecified atom stereocenters. The summed E-state index contributed by atoms with van der Waals surface area (Å²) in [4.78, 5) is 3.98. The first-order valence-electron chi connectivity index (χ1n) is 3.89. The maximum absolute atomic E-state index is 5.80. The van der Waals surface area contributed by atoms with E-state index in [1.54, 1.807) is 23.6 Å². The summed E-state index contributed by atoms with van der Waals surface area (Å²) in [5.74, 6) is 0.658. The zero-order valence-corrected chi connectivity index (χ0v) is 11.1. The molecule has 0 amide bonds. The summed E-state index contributed by atoms with van der Waals surface area (Å²) in [7, 11) is 0. The second-order valence-corrected chi connectivity index (χ2v) is 5.11. The third-order valence-electron chi connectivity index (χ3n) is 1.55. The number of nitrogens with zero attached hydrogens (tertiary/aromatic N) is 1. The topological polar surface area (TPSA) is 22.1 Å². The van der Waals surface area contributed by atoms with E-state index < -0.39 is 0 Å². The van der Waals surface area contributed by atoms with Crippen molar-refractivity contribution in [1.82, 2.24) is 4.98 Å². The molecular weight excluding hydrogens is 321 g/mol. The summed E-state index contributed by atoms with van der Waals surface area (Å²) in [5, 5.41) is 3.29.